The van der Waals surface area contributed by atoms with Gasteiger partial charge in [0.25, 0.3) is 0 Å². The third-order valence-corrected chi connectivity index (χ3v) is 2.67. The first-order chi connectivity index (χ1) is 6.49. The molecular weight excluding hydrogens is 172 g/mol. The summed E-state index contributed by atoms with van der Waals surface area (Å²) in [5.74, 6) is 0. The monoisotopic (exact) mass is 188 g/mol. The molecule has 0 aromatic heterocycles. The van der Waals surface area contributed by atoms with E-state index in [9.17, 15) is 0 Å². The molecule has 0 saturated carbocycles. The van der Waals surface area contributed by atoms with Gasteiger partial charge in [-0.2, -0.15) is 5.26 Å². The van der Waals surface area contributed by atoms with E-state index in [0.29, 0.717) is 6.42 Å². The molecule has 0 aliphatic rings. The predicted octanol–water partition coefficient (Wildman–Crippen LogP) is 2.39. The summed E-state index contributed by atoms with van der Waals surface area (Å²) in [4.78, 5) is 0. The van der Waals surface area contributed by atoms with Crippen LogP contribution in [0.5, 0.6) is 0 Å². The molecule has 2 heteroatoms. The van der Waals surface area contributed by atoms with Crippen molar-refractivity contribution < 1.29 is 0 Å². The van der Waals surface area contributed by atoms with E-state index in [1.54, 1.807) is 0 Å². The van der Waals surface area contributed by atoms with Crippen LogP contribution >= 0.6 is 0 Å². The standard InChI is InChI=1S/C12H16N2/c1-9-5-4-6-11(10(9)2)12(3,14)7-8-13/h4-6H,7,14H2,1-3H3/t12-/m1/s1. The van der Waals surface area contributed by atoms with Gasteiger partial charge in [0, 0.05) is 0 Å². The third kappa shape index (κ3) is 1.94. The zero-order valence-electron chi connectivity index (χ0n) is 8.96. The molecule has 0 heterocycles. The van der Waals surface area contributed by atoms with Gasteiger partial charge in [0.2, 0.25) is 0 Å². The number of hydrogen-bond acceptors (Lipinski definition) is 2. The van der Waals surface area contributed by atoms with Crippen LogP contribution in [0, 0.1) is 25.2 Å². The van der Waals surface area contributed by atoms with E-state index in [1.807, 2.05) is 26.0 Å². The Morgan fingerprint density at radius 3 is 2.64 bits per heavy atom. The van der Waals surface area contributed by atoms with Crippen LogP contribution in [-0.4, -0.2) is 0 Å². The van der Waals surface area contributed by atoms with Crippen molar-refractivity contribution in [1.82, 2.24) is 0 Å². The number of aryl methyl sites for hydroxylation is 1. The Labute approximate surface area is 85.4 Å². The maximum atomic E-state index is 8.69. The zero-order valence-corrected chi connectivity index (χ0v) is 8.96. The van der Waals surface area contributed by atoms with Crippen LogP contribution in [0.2, 0.25) is 0 Å². The minimum Gasteiger partial charge on any atom is -0.321 e. The first-order valence-corrected chi connectivity index (χ1v) is 4.71. The first-order valence-electron chi connectivity index (χ1n) is 4.71. The molecule has 1 atom stereocenters. The Morgan fingerprint density at radius 1 is 1.43 bits per heavy atom. The highest BCUT2D eigenvalue weighted by Gasteiger charge is 2.22. The molecule has 0 saturated heterocycles. The zero-order chi connectivity index (χ0) is 10.8. The molecule has 2 nitrogen and oxygen atoms in total. The van der Waals surface area contributed by atoms with E-state index >= 15 is 0 Å². The van der Waals surface area contributed by atoms with Crippen molar-refractivity contribution in [3.63, 3.8) is 0 Å². The van der Waals surface area contributed by atoms with Gasteiger partial charge in [0.05, 0.1) is 18.0 Å². The van der Waals surface area contributed by atoms with Crippen molar-refractivity contribution in [1.29, 1.82) is 5.26 Å². The number of hydrogen-bond donors (Lipinski definition) is 1. The van der Waals surface area contributed by atoms with Crippen molar-refractivity contribution in [3.8, 4) is 6.07 Å². The fourth-order valence-electron chi connectivity index (χ4n) is 1.63. The molecule has 0 amide bonds. The highest BCUT2D eigenvalue weighted by Crippen LogP contribution is 2.26. The van der Waals surface area contributed by atoms with Crippen LogP contribution in [0.4, 0.5) is 0 Å². The number of nitriles is 1. The van der Waals surface area contributed by atoms with Crippen molar-refractivity contribution in [2.45, 2.75) is 32.7 Å². The second kappa shape index (κ2) is 3.81. The second-order valence-electron chi connectivity index (χ2n) is 4.00. The molecule has 14 heavy (non-hydrogen) atoms. The lowest BCUT2D eigenvalue weighted by Gasteiger charge is -2.24. The van der Waals surface area contributed by atoms with Crippen LogP contribution in [0.1, 0.15) is 30.0 Å². The quantitative estimate of drug-likeness (QED) is 0.774. The Morgan fingerprint density at radius 2 is 2.07 bits per heavy atom. The molecule has 1 rings (SSSR count). The summed E-state index contributed by atoms with van der Waals surface area (Å²) >= 11 is 0. The van der Waals surface area contributed by atoms with Gasteiger partial charge in [-0.1, -0.05) is 18.2 Å². The van der Waals surface area contributed by atoms with E-state index in [1.165, 1.54) is 11.1 Å². The molecule has 2 N–H and O–H groups in total. The van der Waals surface area contributed by atoms with Gasteiger partial charge < -0.3 is 5.73 Å². The molecular formula is C12H16N2. The number of benzene rings is 1. The average molecular weight is 188 g/mol. The van der Waals surface area contributed by atoms with Crippen molar-refractivity contribution in [2.75, 3.05) is 0 Å². The Bertz CT molecular complexity index is 372. The SMILES string of the molecule is Cc1cccc([C@](C)(N)CC#N)c1C. The molecule has 0 aliphatic heterocycles. The lowest BCUT2D eigenvalue weighted by Crippen LogP contribution is -2.33. The summed E-state index contributed by atoms with van der Waals surface area (Å²) in [5.41, 5.74) is 9.03. The van der Waals surface area contributed by atoms with E-state index in [2.05, 4.69) is 19.1 Å². The lowest BCUT2D eigenvalue weighted by molar-refractivity contribution is 0.504. The number of rotatable bonds is 2. The Balaban J connectivity index is 3.20. The Hall–Kier alpha value is -1.33. The first kappa shape index (κ1) is 10.7. The third-order valence-electron chi connectivity index (χ3n) is 2.67. The second-order valence-corrected chi connectivity index (χ2v) is 4.00. The van der Waals surface area contributed by atoms with Crippen LogP contribution < -0.4 is 5.73 Å². The summed E-state index contributed by atoms with van der Waals surface area (Å²) < 4.78 is 0. The van der Waals surface area contributed by atoms with Gasteiger partial charge in [-0.25, -0.2) is 0 Å². The molecule has 1 aromatic rings. The van der Waals surface area contributed by atoms with Crippen molar-refractivity contribution in [3.05, 3.63) is 34.9 Å². The fourth-order valence-corrected chi connectivity index (χ4v) is 1.63. The topological polar surface area (TPSA) is 49.8 Å². The van der Waals surface area contributed by atoms with Crippen LogP contribution in [0.3, 0.4) is 0 Å². The minimum absolute atomic E-state index is 0.345. The highest BCUT2D eigenvalue weighted by atomic mass is 14.7. The number of nitrogens with zero attached hydrogens (tertiary/aromatic N) is 1. The van der Waals surface area contributed by atoms with Crippen molar-refractivity contribution in [2.24, 2.45) is 5.73 Å². The molecule has 0 aliphatic carbocycles. The van der Waals surface area contributed by atoms with Crippen LogP contribution in [0.25, 0.3) is 0 Å². The van der Waals surface area contributed by atoms with Crippen LogP contribution in [-0.2, 0) is 5.54 Å². The van der Waals surface area contributed by atoms with Gasteiger partial charge >= 0.3 is 0 Å². The van der Waals surface area contributed by atoms with Gasteiger partial charge in [0.15, 0.2) is 0 Å². The maximum absolute atomic E-state index is 8.69. The molecule has 74 valence electrons. The minimum atomic E-state index is -0.537. The van der Waals surface area contributed by atoms with Gasteiger partial charge in [-0.15, -0.1) is 0 Å². The molecule has 0 spiro atoms. The smallest absolute Gasteiger partial charge is 0.0644 e. The van der Waals surface area contributed by atoms with Crippen LogP contribution in [0.15, 0.2) is 18.2 Å². The van der Waals surface area contributed by atoms with Gasteiger partial charge in [-0.3, -0.25) is 0 Å². The highest BCUT2D eigenvalue weighted by molar-refractivity contribution is 5.38. The molecule has 0 bridgehead atoms. The summed E-state index contributed by atoms with van der Waals surface area (Å²) in [6, 6.07) is 8.17. The Kier molecular flexibility index (Phi) is 2.93. The number of nitrogens with two attached hydrogens (primary N) is 1. The van der Waals surface area contributed by atoms with E-state index in [4.69, 9.17) is 11.0 Å². The molecule has 0 unspecified atom stereocenters. The largest absolute Gasteiger partial charge is 0.321 e. The lowest BCUT2D eigenvalue weighted by atomic mass is 9.86. The summed E-state index contributed by atoms with van der Waals surface area (Å²) in [6.07, 6.45) is 0.345. The predicted molar refractivity (Wildman–Crippen MR) is 57.7 cm³/mol. The normalized spacial score (nSPS) is 14.5. The van der Waals surface area contributed by atoms with Gasteiger partial charge in [-0.05, 0) is 37.5 Å². The summed E-state index contributed by atoms with van der Waals surface area (Å²) in [6.45, 7) is 6.01. The maximum Gasteiger partial charge on any atom is 0.0644 e. The van der Waals surface area contributed by atoms with Crippen molar-refractivity contribution >= 4 is 0 Å². The van der Waals surface area contributed by atoms with E-state index in [-0.39, 0.29) is 0 Å². The molecule has 0 fully saturated rings. The molecule has 0 radical (unpaired) electrons. The molecule has 1 aromatic carbocycles. The van der Waals surface area contributed by atoms with Gasteiger partial charge in [0.1, 0.15) is 0 Å². The summed E-state index contributed by atoms with van der Waals surface area (Å²) in [5, 5.41) is 8.69. The average Bonchev–Trinajstić information content (AvgIpc) is 2.09. The van der Waals surface area contributed by atoms with E-state index < -0.39 is 5.54 Å². The fraction of sp³-hybridized carbons (Fsp3) is 0.417. The van der Waals surface area contributed by atoms with E-state index in [0.717, 1.165) is 5.56 Å². The summed E-state index contributed by atoms with van der Waals surface area (Å²) in [7, 11) is 0.